The van der Waals surface area contributed by atoms with Crippen LogP contribution in [-0.4, -0.2) is 25.7 Å². The number of rotatable bonds is 4. The number of hydrogen-bond acceptors (Lipinski definition) is 4. The second kappa shape index (κ2) is 4.84. The number of benzene rings is 1. The van der Waals surface area contributed by atoms with Crippen LogP contribution in [0, 0.1) is 16.0 Å². The van der Waals surface area contributed by atoms with Crippen LogP contribution in [0.1, 0.15) is 12.5 Å². The van der Waals surface area contributed by atoms with Crippen molar-refractivity contribution in [3.05, 3.63) is 34.0 Å². The topological polar surface area (TPSA) is 106 Å². The predicted molar refractivity (Wildman–Crippen MR) is 71.7 cm³/mol. The molecule has 1 heterocycles. The number of non-ortho nitro benzene ring substituents is 1. The quantitative estimate of drug-likeness (QED) is 0.657. The molecule has 2 N–H and O–H groups in total. The summed E-state index contributed by atoms with van der Waals surface area (Å²) in [7, 11) is 1.63. The van der Waals surface area contributed by atoms with Gasteiger partial charge in [-0.3, -0.25) is 14.9 Å². The van der Waals surface area contributed by atoms with E-state index < -0.39 is 16.8 Å². The van der Waals surface area contributed by atoms with E-state index in [-0.39, 0.29) is 17.9 Å². The summed E-state index contributed by atoms with van der Waals surface area (Å²) in [6.07, 6.45) is 1.82. The largest absolute Gasteiger partial charge is 0.507 e. The molecule has 0 fully saturated rings. The molecule has 0 aliphatic rings. The summed E-state index contributed by atoms with van der Waals surface area (Å²) in [4.78, 5) is 21.4. The second-order valence-electron chi connectivity index (χ2n) is 4.79. The minimum Gasteiger partial charge on any atom is -0.507 e. The molecule has 0 radical (unpaired) electrons. The zero-order valence-electron chi connectivity index (χ0n) is 11.0. The number of aryl methyl sites for hydroxylation is 1. The van der Waals surface area contributed by atoms with Gasteiger partial charge in [-0.05, 0) is 18.1 Å². The normalized spacial score (nSPS) is 12.5. The number of carboxylic acid groups (broad SMARTS) is 1. The van der Waals surface area contributed by atoms with Crippen molar-refractivity contribution < 1.29 is 19.9 Å². The number of aromatic nitrogens is 1. The van der Waals surface area contributed by atoms with E-state index in [1.54, 1.807) is 20.2 Å². The van der Waals surface area contributed by atoms with E-state index in [0.29, 0.717) is 16.5 Å². The molecule has 7 nitrogen and oxygen atoms in total. The molecule has 20 heavy (non-hydrogen) atoms. The number of nitro groups is 1. The molecular formula is C13H14N2O5. The van der Waals surface area contributed by atoms with Gasteiger partial charge in [0, 0.05) is 19.3 Å². The monoisotopic (exact) mass is 278 g/mol. The van der Waals surface area contributed by atoms with Crippen molar-refractivity contribution in [2.45, 2.75) is 13.3 Å². The molecule has 0 aliphatic heterocycles. The van der Waals surface area contributed by atoms with E-state index in [9.17, 15) is 20.0 Å². The number of phenolic OH excluding ortho intramolecular Hbond substituents is 1. The minimum atomic E-state index is -0.952. The Morgan fingerprint density at radius 2 is 2.15 bits per heavy atom. The molecule has 0 spiro atoms. The first-order valence-electron chi connectivity index (χ1n) is 6.00. The number of carbonyl (C=O) groups is 1. The van der Waals surface area contributed by atoms with E-state index in [1.165, 1.54) is 16.7 Å². The predicted octanol–water partition coefficient (Wildman–Crippen LogP) is 2.06. The Kier molecular flexibility index (Phi) is 3.35. The Bertz CT molecular complexity index is 704. The van der Waals surface area contributed by atoms with Gasteiger partial charge in [0.15, 0.2) is 0 Å². The van der Waals surface area contributed by atoms with Crippen LogP contribution in [0.3, 0.4) is 0 Å². The summed E-state index contributed by atoms with van der Waals surface area (Å²) in [5.41, 5.74) is 0.760. The third-order valence-electron chi connectivity index (χ3n) is 3.30. The fourth-order valence-electron chi connectivity index (χ4n) is 2.33. The van der Waals surface area contributed by atoms with E-state index in [0.717, 1.165) is 0 Å². The fraction of sp³-hybridized carbons (Fsp3) is 0.308. The lowest BCUT2D eigenvalue weighted by molar-refractivity contribution is -0.383. The number of carboxylic acids is 1. The molecule has 1 aromatic carbocycles. The molecule has 1 unspecified atom stereocenters. The van der Waals surface area contributed by atoms with Crippen LogP contribution in [0.25, 0.3) is 10.9 Å². The van der Waals surface area contributed by atoms with Crippen molar-refractivity contribution in [3.63, 3.8) is 0 Å². The summed E-state index contributed by atoms with van der Waals surface area (Å²) < 4.78 is 1.54. The molecule has 1 atom stereocenters. The highest BCUT2D eigenvalue weighted by atomic mass is 16.6. The molecule has 0 saturated heterocycles. The summed E-state index contributed by atoms with van der Waals surface area (Å²) in [6.45, 7) is 1.55. The van der Waals surface area contributed by atoms with E-state index in [4.69, 9.17) is 5.11 Å². The first-order valence-corrected chi connectivity index (χ1v) is 6.00. The molecular weight excluding hydrogens is 264 g/mol. The lowest BCUT2D eigenvalue weighted by Crippen LogP contribution is -2.11. The van der Waals surface area contributed by atoms with Crippen molar-refractivity contribution >= 4 is 22.6 Å². The number of aromatic hydroxyl groups is 1. The average molecular weight is 278 g/mol. The standard InChI is InChI=1S/C13H14N2O5/c1-7(13(17)18)5-8-6-14(2)12-9(15(19)20)3-4-10(16)11(8)12/h3-4,6-7,16H,5H2,1-2H3,(H,17,18). The Morgan fingerprint density at radius 3 is 2.70 bits per heavy atom. The second-order valence-corrected chi connectivity index (χ2v) is 4.79. The number of hydrogen-bond donors (Lipinski definition) is 2. The Balaban J connectivity index is 2.67. The van der Waals surface area contributed by atoms with Gasteiger partial charge in [-0.15, -0.1) is 0 Å². The minimum absolute atomic E-state index is 0.0845. The number of nitro benzene ring substituents is 1. The third-order valence-corrected chi connectivity index (χ3v) is 3.30. The van der Waals surface area contributed by atoms with Crippen molar-refractivity contribution in [2.24, 2.45) is 13.0 Å². The number of fused-ring (bicyclic) bond motifs is 1. The summed E-state index contributed by atoms with van der Waals surface area (Å²) in [6, 6.07) is 2.50. The van der Waals surface area contributed by atoms with Crippen LogP contribution in [0.2, 0.25) is 0 Å². The van der Waals surface area contributed by atoms with Crippen LogP contribution in [0.15, 0.2) is 18.3 Å². The number of phenols is 1. The average Bonchev–Trinajstić information content (AvgIpc) is 2.67. The maximum atomic E-state index is 11.0. The Labute approximate surface area is 114 Å². The van der Waals surface area contributed by atoms with Gasteiger partial charge < -0.3 is 14.8 Å². The molecule has 0 amide bonds. The smallest absolute Gasteiger partial charge is 0.306 e. The van der Waals surface area contributed by atoms with E-state index in [2.05, 4.69) is 0 Å². The van der Waals surface area contributed by atoms with Gasteiger partial charge in [0.1, 0.15) is 11.3 Å². The lowest BCUT2D eigenvalue weighted by atomic mass is 10.00. The van der Waals surface area contributed by atoms with E-state index in [1.807, 2.05) is 0 Å². The molecule has 106 valence electrons. The Hall–Kier alpha value is -2.57. The van der Waals surface area contributed by atoms with Gasteiger partial charge in [-0.25, -0.2) is 0 Å². The maximum absolute atomic E-state index is 11.0. The van der Waals surface area contributed by atoms with Crippen LogP contribution in [0.5, 0.6) is 5.75 Å². The van der Waals surface area contributed by atoms with Crippen LogP contribution in [-0.2, 0) is 18.3 Å². The highest BCUT2D eigenvalue weighted by Crippen LogP contribution is 2.36. The van der Waals surface area contributed by atoms with Crippen LogP contribution < -0.4 is 0 Å². The Morgan fingerprint density at radius 1 is 1.50 bits per heavy atom. The first-order chi connectivity index (χ1) is 9.32. The number of aliphatic carboxylic acids is 1. The zero-order valence-corrected chi connectivity index (χ0v) is 11.0. The van der Waals surface area contributed by atoms with Crippen molar-refractivity contribution in [1.82, 2.24) is 4.57 Å². The van der Waals surface area contributed by atoms with Crippen molar-refractivity contribution in [1.29, 1.82) is 0 Å². The van der Waals surface area contributed by atoms with Crippen LogP contribution in [0.4, 0.5) is 5.69 Å². The summed E-state index contributed by atoms with van der Waals surface area (Å²) in [5.74, 6) is -1.68. The first kappa shape index (κ1) is 13.9. The van der Waals surface area contributed by atoms with Gasteiger partial charge in [0.2, 0.25) is 0 Å². The molecule has 2 aromatic rings. The van der Waals surface area contributed by atoms with Crippen LogP contribution >= 0.6 is 0 Å². The molecule has 0 saturated carbocycles. The third kappa shape index (κ3) is 2.18. The lowest BCUT2D eigenvalue weighted by Gasteiger charge is -2.05. The fourth-order valence-corrected chi connectivity index (χ4v) is 2.33. The van der Waals surface area contributed by atoms with Gasteiger partial charge >= 0.3 is 5.97 Å². The summed E-state index contributed by atoms with van der Waals surface area (Å²) in [5, 5.41) is 30.3. The molecule has 0 bridgehead atoms. The molecule has 1 aromatic heterocycles. The summed E-state index contributed by atoms with van der Waals surface area (Å²) >= 11 is 0. The maximum Gasteiger partial charge on any atom is 0.306 e. The molecule has 2 rings (SSSR count). The van der Waals surface area contributed by atoms with Crippen molar-refractivity contribution in [3.8, 4) is 5.75 Å². The van der Waals surface area contributed by atoms with Gasteiger partial charge in [0.05, 0.1) is 16.2 Å². The highest BCUT2D eigenvalue weighted by Gasteiger charge is 2.23. The van der Waals surface area contributed by atoms with E-state index >= 15 is 0 Å². The van der Waals surface area contributed by atoms with Gasteiger partial charge in [0.25, 0.3) is 5.69 Å². The zero-order chi connectivity index (χ0) is 15.0. The highest BCUT2D eigenvalue weighted by molar-refractivity contribution is 5.96. The van der Waals surface area contributed by atoms with Crippen molar-refractivity contribution in [2.75, 3.05) is 0 Å². The SMILES string of the molecule is CC(Cc1cn(C)c2c([N+](=O)[O-])ccc(O)c12)C(=O)O. The van der Waals surface area contributed by atoms with Gasteiger partial charge in [-0.2, -0.15) is 0 Å². The number of nitrogens with zero attached hydrogens (tertiary/aromatic N) is 2. The molecule has 0 aliphatic carbocycles. The molecule has 7 heteroatoms. The van der Waals surface area contributed by atoms with Gasteiger partial charge in [-0.1, -0.05) is 6.92 Å².